The summed E-state index contributed by atoms with van der Waals surface area (Å²) < 4.78 is 1.25. The van der Waals surface area contributed by atoms with Gasteiger partial charge in [0, 0.05) is 10.6 Å². The molecule has 1 N–H and O–H groups in total. The summed E-state index contributed by atoms with van der Waals surface area (Å²) in [4.78, 5) is 18.9. The topological polar surface area (TPSA) is 63.1 Å². The normalized spacial score (nSPS) is 11.1. The van der Waals surface area contributed by atoms with Crippen LogP contribution < -0.4 is 5.69 Å². The first kappa shape index (κ1) is 12.3. The van der Waals surface area contributed by atoms with E-state index in [1.165, 1.54) is 16.3 Å². The standard InChI is InChI=1S/C12H9ClN4OS/c1-19-11-15-10-9(6-14-17(10)12(18)16-11)7-3-2-4-8(13)5-7/h2-6H,1H3,(H,15,16,18). The van der Waals surface area contributed by atoms with Crippen molar-refractivity contribution in [1.29, 1.82) is 0 Å². The Balaban J connectivity index is 2.30. The molecule has 0 unspecified atom stereocenters. The van der Waals surface area contributed by atoms with Gasteiger partial charge < -0.3 is 0 Å². The maximum atomic E-state index is 11.8. The quantitative estimate of drug-likeness (QED) is 0.737. The molecule has 0 radical (unpaired) electrons. The molecule has 1 aromatic carbocycles. The zero-order valence-electron chi connectivity index (χ0n) is 9.92. The van der Waals surface area contributed by atoms with Crippen LogP contribution in [0.3, 0.4) is 0 Å². The highest BCUT2D eigenvalue weighted by Gasteiger charge is 2.11. The lowest BCUT2D eigenvalue weighted by atomic mass is 10.1. The van der Waals surface area contributed by atoms with E-state index >= 15 is 0 Å². The summed E-state index contributed by atoms with van der Waals surface area (Å²) in [7, 11) is 0. The van der Waals surface area contributed by atoms with Gasteiger partial charge in [-0.1, -0.05) is 35.5 Å². The molecule has 0 atom stereocenters. The molecule has 0 amide bonds. The third-order valence-corrected chi connectivity index (χ3v) is 3.50. The number of H-pyrrole nitrogens is 1. The maximum Gasteiger partial charge on any atom is 0.350 e. The van der Waals surface area contributed by atoms with Crippen molar-refractivity contribution in [3.05, 3.63) is 46.0 Å². The first-order chi connectivity index (χ1) is 9.19. The Labute approximate surface area is 117 Å². The van der Waals surface area contributed by atoms with Crippen LogP contribution >= 0.6 is 23.4 Å². The Hall–Kier alpha value is -1.79. The number of fused-ring (bicyclic) bond motifs is 1. The Morgan fingerprint density at radius 2 is 2.26 bits per heavy atom. The monoisotopic (exact) mass is 292 g/mol. The summed E-state index contributed by atoms with van der Waals surface area (Å²) >= 11 is 7.36. The van der Waals surface area contributed by atoms with Crippen LogP contribution in [0.2, 0.25) is 5.02 Å². The molecule has 2 aromatic heterocycles. The number of benzene rings is 1. The minimum Gasteiger partial charge on any atom is -0.285 e. The van der Waals surface area contributed by atoms with Gasteiger partial charge >= 0.3 is 5.69 Å². The SMILES string of the molecule is CSc1nc2c(-c3cccc(Cl)c3)cnn2c(=O)[nH]1. The zero-order chi connectivity index (χ0) is 13.4. The lowest BCUT2D eigenvalue weighted by molar-refractivity contribution is 0.787. The molecule has 0 aliphatic heterocycles. The van der Waals surface area contributed by atoms with Gasteiger partial charge in [-0.05, 0) is 24.0 Å². The fourth-order valence-corrected chi connectivity index (χ4v) is 2.38. The van der Waals surface area contributed by atoms with Crippen molar-refractivity contribution in [2.75, 3.05) is 6.26 Å². The van der Waals surface area contributed by atoms with Crippen LogP contribution in [0.15, 0.2) is 40.4 Å². The third kappa shape index (κ3) is 2.13. The average molecular weight is 293 g/mol. The van der Waals surface area contributed by atoms with Crippen LogP contribution in [0.25, 0.3) is 16.8 Å². The Kier molecular flexibility index (Phi) is 3.04. The lowest BCUT2D eigenvalue weighted by Gasteiger charge is -2.01. The van der Waals surface area contributed by atoms with E-state index < -0.39 is 0 Å². The summed E-state index contributed by atoms with van der Waals surface area (Å²) in [5, 5.41) is 5.25. The minimum atomic E-state index is -0.303. The molecule has 0 saturated carbocycles. The van der Waals surface area contributed by atoms with E-state index in [0.29, 0.717) is 15.8 Å². The molecule has 0 aliphatic carbocycles. The van der Waals surface area contributed by atoms with Gasteiger partial charge in [0.15, 0.2) is 10.8 Å². The molecular formula is C12H9ClN4OS. The van der Waals surface area contributed by atoms with E-state index in [0.717, 1.165) is 11.1 Å². The largest absolute Gasteiger partial charge is 0.350 e. The van der Waals surface area contributed by atoms with E-state index in [4.69, 9.17) is 11.6 Å². The Morgan fingerprint density at radius 1 is 1.42 bits per heavy atom. The van der Waals surface area contributed by atoms with Gasteiger partial charge in [0.05, 0.1) is 6.20 Å². The van der Waals surface area contributed by atoms with Gasteiger partial charge in [-0.2, -0.15) is 9.61 Å². The van der Waals surface area contributed by atoms with Crippen LogP contribution in [0, 0.1) is 0 Å². The molecule has 2 heterocycles. The van der Waals surface area contributed by atoms with Crippen LogP contribution in [-0.2, 0) is 0 Å². The molecule has 3 aromatic rings. The first-order valence-corrected chi connectivity index (χ1v) is 7.07. The predicted molar refractivity (Wildman–Crippen MR) is 75.8 cm³/mol. The number of hydrogen-bond donors (Lipinski definition) is 1. The van der Waals surface area contributed by atoms with Crippen molar-refractivity contribution < 1.29 is 0 Å². The van der Waals surface area contributed by atoms with Gasteiger partial charge in [0.25, 0.3) is 0 Å². The summed E-state index contributed by atoms with van der Waals surface area (Å²) in [6.07, 6.45) is 3.47. The summed E-state index contributed by atoms with van der Waals surface area (Å²) in [6, 6.07) is 7.37. The second-order valence-electron chi connectivity index (χ2n) is 3.86. The van der Waals surface area contributed by atoms with Gasteiger partial charge in [-0.3, -0.25) is 4.98 Å². The Morgan fingerprint density at radius 3 is 3.00 bits per heavy atom. The van der Waals surface area contributed by atoms with Gasteiger partial charge in [0.2, 0.25) is 0 Å². The van der Waals surface area contributed by atoms with Crippen LogP contribution in [0.1, 0.15) is 0 Å². The number of aromatic amines is 1. The van der Waals surface area contributed by atoms with Crippen molar-refractivity contribution in [3.8, 4) is 11.1 Å². The maximum absolute atomic E-state index is 11.8. The summed E-state index contributed by atoms with van der Waals surface area (Å²) in [6.45, 7) is 0. The molecule has 0 spiro atoms. The zero-order valence-corrected chi connectivity index (χ0v) is 11.5. The molecule has 3 rings (SSSR count). The Bertz CT molecular complexity index is 811. The molecule has 0 fully saturated rings. The number of hydrogen-bond acceptors (Lipinski definition) is 4. The molecule has 0 bridgehead atoms. The van der Waals surface area contributed by atoms with Crippen LogP contribution in [0.5, 0.6) is 0 Å². The molecule has 19 heavy (non-hydrogen) atoms. The lowest BCUT2D eigenvalue weighted by Crippen LogP contribution is -2.19. The summed E-state index contributed by atoms with van der Waals surface area (Å²) in [5.41, 5.74) is 1.88. The van der Waals surface area contributed by atoms with Crippen LogP contribution in [0.4, 0.5) is 0 Å². The van der Waals surface area contributed by atoms with Crippen molar-refractivity contribution in [3.63, 3.8) is 0 Å². The number of nitrogens with one attached hydrogen (secondary N) is 1. The average Bonchev–Trinajstić information content (AvgIpc) is 2.83. The number of nitrogens with zero attached hydrogens (tertiary/aromatic N) is 3. The number of aromatic nitrogens is 4. The number of halogens is 1. The molecular weight excluding hydrogens is 284 g/mol. The molecule has 0 saturated heterocycles. The van der Waals surface area contributed by atoms with E-state index in [1.54, 1.807) is 12.3 Å². The predicted octanol–water partition coefficient (Wildman–Crippen LogP) is 2.46. The van der Waals surface area contributed by atoms with Gasteiger partial charge in [-0.25, -0.2) is 9.78 Å². The highest BCUT2D eigenvalue weighted by Crippen LogP contribution is 2.25. The smallest absolute Gasteiger partial charge is 0.285 e. The second-order valence-corrected chi connectivity index (χ2v) is 5.09. The fraction of sp³-hybridized carbons (Fsp3) is 0.0833. The fourth-order valence-electron chi connectivity index (χ4n) is 1.82. The van der Waals surface area contributed by atoms with E-state index in [9.17, 15) is 4.79 Å². The van der Waals surface area contributed by atoms with E-state index in [2.05, 4.69) is 15.1 Å². The van der Waals surface area contributed by atoms with Gasteiger partial charge in [-0.15, -0.1) is 0 Å². The number of rotatable bonds is 2. The van der Waals surface area contributed by atoms with E-state index in [1.807, 2.05) is 24.5 Å². The van der Waals surface area contributed by atoms with E-state index in [-0.39, 0.29) is 5.69 Å². The van der Waals surface area contributed by atoms with Gasteiger partial charge in [0.1, 0.15) is 0 Å². The second kappa shape index (κ2) is 4.71. The van der Waals surface area contributed by atoms with Crippen molar-refractivity contribution >= 4 is 29.0 Å². The van der Waals surface area contributed by atoms with Crippen molar-refractivity contribution in [2.24, 2.45) is 0 Å². The van der Waals surface area contributed by atoms with Crippen molar-refractivity contribution in [1.82, 2.24) is 19.6 Å². The minimum absolute atomic E-state index is 0.303. The van der Waals surface area contributed by atoms with Crippen molar-refractivity contribution in [2.45, 2.75) is 5.16 Å². The van der Waals surface area contributed by atoms with Crippen LogP contribution in [-0.4, -0.2) is 25.8 Å². The molecule has 5 nitrogen and oxygen atoms in total. The summed E-state index contributed by atoms with van der Waals surface area (Å²) in [5.74, 6) is 0. The highest BCUT2D eigenvalue weighted by molar-refractivity contribution is 7.98. The third-order valence-electron chi connectivity index (χ3n) is 2.69. The molecule has 0 aliphatic rings. The highest BCUT2D eigenvalue weighted by atomic mass is 35.5. The molecule has 7 heteroatoms. The number of thioether (sulfide) groups is 1. The first-order valence-electron chi connectivity index (χ1n) is 5.47. The molecule has 96 valence electrons.